The van der Waals surface area contributed by atoms with Gasteiger partial charge in [-0.25, -0.2) is 0 Å². The number of halogens is 4. The molecule has 1 aliphatic rings. The fourth-order valence-electron chi connectivity index (χ4n) is 4.34. The summed E-state index contributed by atoms with van der Waals surface area (Å²) in [4.78, 5) is 27.7. The van der Waals surface area contributed by atoms with Gasteiger partial charge in [0.25, 0.3) is 11.7 Å². The Morgan fingerprint density at radius 1 is 1.00 bits per heavy atom. The van der Waals surface area contributed by atoms with Crippen molar-refractivity contribution < 1.29 is 37.3 Å². The lowest BCUT2D eigenvalue weighted by Gasteiger charge is -2.26. The summed E-state index contributed by atoms with van der Waals surface area (Å²) in [6.45, 7) is 3.53. The number of aliphatic hydroxyl groups is 1. The molecule has 10 heteroatoms. The second-order valence-corrected chi connectivity index (χ2v) is 8.86. The highest BCUT2D eigenvalue weighted by molar-refractivity contribution is 6.51. The molecule has 3 aromatic rings. The van der Waals surface area contributed by atoms with E-state index in [1.54, 1.807) is 50.2 Å². The van der Waals surface area contributed by atoms with Crippen LogP contribution in [0.4, 0.5) is 18.9 Å². The first-order valence-corrected chi connectivity index (χ1v) is 11.4. The molecule has 0 aliphatic carbocycles. The summed E-state index contributed by atoms with van der Waals surface area (Å²) in [5, 5.41) is 11.6. The zero-order valence-corrected chi connectivity index (χ0v) is 20.6. The van der Waals surface area contributed by atoms with E-state index in [0.29, 0.717) is 11.1 Å². The molecule has 6 nitrogen and oxygen atoms in total. The van der Waals surface area contributed by atoms with Gasteiger partial charge in [-0.15, -0.1) is 13.2 Å². The van der Waals surface area contributed by atoms with Crippen molar-refractivity contribution in [1.29, 1.82) is 0 Å². The van der Waals surface area contributed by atoms with E-state index in [9.17, 15) is 27.9 Å². The van der Waals surface area contributed by atoms with Crippen LogP contribution in [0.3, 0.4) is 0 Å². The normalized spacial score (nSPS) is 17.3. The number of amides is 1. The Kier molecular flexibility index (Phi) is 6.92. The molecule has 1 amide bonds. The van der Waals surface area contributed by atoms with Gasteiger partial charge in [0.1, 0.15) is 17.3 Å². The van der Waals surface area contributed by atoms with Crippen LogP contribution >= 0.6 is 11.6 Å². The number of anilines is 1. The van der Waals surface area contributed by atoms with Gasteiger partial charge in [0.05, 0.1) is 29.3 Å². The number of Topliss-reactive ketones (excluding diaryl/α,β-unsaturated/α-hetero) is 1. The summed E-state index contributed by atoms with van der Waals surface area (Å²) < 4.78 is 47.9. The van der Waals surface area contributed by atoms with Crippen LogP contribution in [0.5, 0.6) is 11.5 Å². The summed E-state index contributed by atoms with van der Waals surface area (Å²) in [6, 6.07) is 13.6. The molecule has 192 valence electrons. The number of benzene rings is 3. The molecule has 1 fully saturated rings. The largest absolute Gasteiger partial charge is 0.573 e. The number of ketones is 1. The fourth-order valence-corrected chi connectivity index (χ4v) is 4.69. The Morgan fingerprint density at radius 3 is 2.35 bits per heavy atom. The quantitative estimate of drug-likeness (QED) is 0.231. The second kappa shape index (κ2) is 9.82. The lowest BCUT2D eigenvalue weighted by molar-refractivity contribution is -0.274. The van der Waals surface area contributed by atoms with Gasteiger partial charge in [-0.05, 0) is 49.2 Å². The number of ether oxygens (including phenoxy) is 2. The Hall–Kier alpha value is -3.98. The van der Waals surface area contributed by atoms with Crippen LogP contribution in [-0.4, -0.2) is 30.3 Å². The molecule has 1 aliphatic heterocycles. The number of carbonyl (C=O) groups is 2. The minimum Gasteiger partial charge on any atom is -0.507 e. The maximum atomic E-state index is 13.4. The van der Waals surface area contributed by atoms with Crippen LogP contribution < -0.4 is 14.4 Å². The first-order valence-electron chi connectivity index (χ1n) is 11.0. The van der Waals surface area contributed by atoms with Gasteiger partial charge in [-0.1, -0.05) is 47.5 Å². The van der Waals surface area contributed by atoms with Gasteiger partial charge < -0.3 is 14.6 Å². The average Bonchev–Trinajstić information content (AvgIpc) is 3.08. The van der Waals surface area contributed by atoms with Crippen LogP contribution in [-0.2, 0) is 9.59 Å². The molecule has 3 aromatic carbocycles. The molecule has 1 N–H and O–H groups in total. The minimum atomic E-state index is -4.95. The van der Waals surface area contributed by atoms with Crippen LogP contribution in [0, 0.1) is 13.8 Å². The lowest BCUT2D eigenvalue weighted by Crippen LogP contribution is -2.29. The summed E-state index contributed by atoms with van der Waals surface area (Å²) in [5.41, 5.74) is 1.72. The summed E-state index contributed by atoms with van der Waals surface area (Å²) in [7, 11) is 1.34. The molecule has 1 unspecified atom stereocenters. The maximum Gasteiger partial charge on any atom is 0.573 e. The van der Waals surface area contributed by atoms with Crippen LogP contribution in [0.15, 0.2) is 66.2 Å². The smallest absolute Gasteiger partial charge is 0.507 e. The van der Waals surface area contributed by atoms with Crippen LogP contribution in [0.25, 0.3) is 5.76 Å². The van der Waals surface area contributed by atoms with Gasteiger partial charge >= 0.3 is 6.36 Å². The SMILES string of the molecule is COc1c(Cl)cc(C)cc1/C(O)=C1\C(=O)C(=O)N(c2cccc(OC(F)(F)F)c2)C1c1cccc(C)c1. The Bertz CT molecular complexity index is 1430. The van der Waals surface area contributed by atoms with E-state index in [2.05, 4.69) is 4.74 Å². The average molecular weight is 532 g/mol. The topological polar surface area (TPSA) is 76.1 Å². The molecule has 0 spiro atoms. The van der Waals surface area contributed by atoms with Gasteiger partial charge in [-0.2, -0.15) is 0 Å². The van der Waals surface area contributed by atoms with E-state index in [0.717, 1.165) is 22.6 Å². The van der Waals surface area contributed by atoms with Crippen molar-refractivity contribution in [3.05, 3.63) is 93.5 Å². The number of aliphatic hydroxyl groups excluding tert-OH is 1. The molecule has 0 radical (unpaired) electrons. The summed E-state index contributed by atoms with van der Waals surface area (Å²) >= 11 is 6.29. The van der Waals surface area contributed by atoms with Gasteiger partial charge in [0.2, 0.25) is 0 Å². The molecular formula is C27H21ClF3NO5. The van der Waals surface area contributed by atoms with Gasteiger partial charge in [0, 0.05) is 11.8 Å². The Balaban J connectivity index is 1.97. The molecule has 0 aromatic heterocycles. The van der Waals surface area contributed by atoms with Crippen molar-refractivity contribution in [2.45, 2.75) is 26.3 Å². The number of hydrogen-bond acceptors (Lipinski definition) is 5. The molecule has 4 rings (SSSR count). The van der Waals surface area contributed by atoms with E-state index in [1.165, 1.54) is 19.2 Å². The van der Waals surface area contributed by atoms with Crippen molar-refractivity contribution in [2.75, 3.05) is 12.0 Å². The van der Waals surface area contributed by atoms with Gasteiger partial charge in [0.15, 0.2) is 0 Å². The van der Waals surface area contributed by atoms with Crippen molar-refractivity contribution in [3.8, 4) is 11.5 Å². The molecule has 1 atom stereocenters. The van der Waals surface area contributed by atoms with E-state index < -0.39 is 35.6 Å². The second-order valence-electron chi connectivity index (χ2n) is 8.46. The number of methoxy groups -OCH3 is 1. The predicted molar refractivity (Wildman–Crippen MR) is 132 cm³/mol. The molecule has 0 saturated carbocycles. The third kappa shape index (κ3) is 5.13. The molecule has 37 heavy (non-hydrogen) atoms. The molecular weight excluding hydrogens is 511 g/mol. The van der Waals surface area contributed by atoms with E-state index in [4.69, 9.17) is 16.3 Å². The van der Waals surface area contributed by atoms with Crippen molar-refractivity contribution in [3.63, 3.8) is 0 Å². The summed E-state index contributed by atoms with van der Waals surface area (Å²) in [6.07, 6.45) is -4.95. The van der Waals surface area contributed by atoms with Crippen LogP contribution in [0.1, 0.15) is 28.3 Å². The number of hydrogen-bond donors (Lipinski definition) is 1. The lowest BCUT2D eigenvalue weighted by atomic mass is 9.93. The zero-order valence-electron chi connectivity index (χ0n) is 19.9. The highest BCUT2D eigenvalue weighted by Crippen LogP contribution is 2.45. The van der Waals surface area contributed by atoms with Crippen molar-refractivity contribution >= 4 is 34.7 Å². The fraction of sp³-hybridized carbons (Fsp3) is 0.185. The first kappa shape index (κ1) is 26.1. The predicted octanol–water partition coefficient (Wildman–Crippen LogP) is 6.49. The highest BCUT2D eigenvalue weighted by Gasteiger charge is 2.47. The number of carbonyl (C=O) groups excluding carboxylic acids is 2. The molecule has 1 saturated heterocycles. The van der Waals surface area contributed by atoms with E-state index in [-0.39, 0.29) is 27.6 Å². The standard InChI is InChI=1S/C27H21ClF3NO5/c1-14-6-4-7-16(10-14)22-21(23(33)19-11-15(2)12-20(28)25(19)36-3)24(34)26(35)32(22)17-8-5-9-18(13-17)37-27(29,30)31/h4-13,22,33H,1-3H3/b23-21+. The molecule has 1 heterocycles. The van der Waals surface area contributed by atoms with E-state index >= 15 is 0 Å². The van der Waals surface area contributed by atoms with E-state index in [1.807, 2.05) is 0 Å². The number of rotatable bonds is 5. The number of nitrogens with zero attached hydrogens (tertiary/aromatic N) is 1. The summed E-state index contributed by atoms with van der Waals surface area (Å²) in [5.74, 6) is -3.06. The van der Waals surface area contributed by atoms with Crippen molar-refractivity contribution in [2.24, 2.45) is 0 Å². The number of aryl methyl sites for hydroxylation is 2. The maximum absolute atomic E-state index is 13.4. The monoisotopic (exact) mass is 531 g/mol. The minimum absolute atomic E-state index is 0.0244. The van der Waals surface area contributed by atoms with Crippen LogP contribution in [0.2, 0.25) is 5.02 Å². The Morgan fingerprint density at radius 2 is 1.70 bits per heavy atom. The first-order chi connectivity index (χ1) is 17.4. The Labute approximate surface area is 215 Å². The highest BCUT2D eigenvalue weighted by atomic mass is 35.5. The van der Waals surface area contributed by atoms with Crippen molar-refractivity contribution in [1.82, 2.24) is 0 Å². The van der Waals surface area contributed by atoms with Gasteiger partial charge in [-0.3, -0.25) is 14.5 Å². The molecule has 0 bridgehead atoms. The number of alkyl halides is 3. The third-order valence-electron chi connectivity index (χ3n) is 5.78. The third-order valence-corrected chi connectivity index (χ3v) is 6.06. The zero-order chi connectivity index (χ0) is 27.1.